The zero-order chi connectivity index (χ0) is 20.7. The van der Waals surface area contributed by atoms with E-state index in [1.807, 2.05) is 20.8 Å². The third-order valence-corrected chi connectivity index (χ3v) is 5.18. The molecule has 1 N–H and O–H groups in total. The van der Waals surface area contributed by atoms with Gasteiger partial charge in [-0.05, 0) is 45.7 Å². The van der Waals surface area contributed by atoms with Gasteiger partial charge in [-0.25, -0.2) is 4.79 Å². The fourth-order valence-electron chi connectivity index (χ4n) is 3.73. The van der Waals surface area contributed by atoms with Crippen molar-refractivity contribution in [1.82, 2.24) is 14.8 Å². The Morgan fingerprint density at radius 1 is 1.29 bits per heavy atom. The highest BCUT2D eigenvalue weighted by Crippen LogP contribution is 2.36. The van der Waals surface area contributed by atoms with E-state index >= 15 is 0 Å². The van der Waals surface area contributed by atoms with E-state index in [2.05, 4.69) is 9.88 Å². The Bertz CT molecular complexity index is 718. The number of nitrogens with zero attached hydrogens (tertiary/aromatic N) is 3. The lowest BCUT2D eigenvalue weighted by Gasteiger charge is -2.48. The zero-order valence-electron chi connectivity index (χ0n) is 16.3. The molecule has 9 heteroatoms. The molecule has 0 saturated carbocycles. The molecule has 0 unspecified atom stereocenters. The van der Waals surface area contributed by atoms with Gasteiger partial charge in [0.05, 0.1) is 11.3 Å². The van der Waals surface area contributed by atoms with Crippen molar-refractivity contribution >= 4 is 6.09 Å². The van der Waals surface area contributed by atoms with Gasteiger partial charge in [0, 0.05) is 38.4 Å². The maximum Gasteiger partial charge on any atom is 0.417 e. The second-order valence-electron chi connectivity index (χ2n) is 8.55. The SMILES string of the molecule is CC(C)(C)OC(=O)N1CCN2C[C@](O)(c3ccc(C(F)(F)F)cn3)CC[C@H]2C1. The largest absolute Gasteiger partial charge is 0.444 e. The number of hydrogen-bond acceptors (Lipinski definition) is 5. The van der Waals surface area contributed by atoms with Gasteiger partial charge in [0.25, 0.3) is 0 Å². The lowest BCUT2D eigenvalue weighted by Crippen LogP contribution is -2.61. The number of carbonyl (C=O) groups excluding carboxylic acids is 1. The van der Waals surface area contributed by atoms with Crippen LogP contribution in [0.15, 0.2) is 18.3 Å². The summed E-state index contributed by atoms with van der Waals surface area (Å²) in [5.74, 6) is 0. The number of fused-ring (bicyclic) bond motifs is 1. The minimum absolute atomic E-state index is 0.0796. The maximum atomic E-state index is 12.7. The van der Waals surface area contributed by atoms with Gasteiger partial charge >= 0.3 is 12.3 Å². The number of piperazine rings is 1. The number of piperidine rings is 1. The fraction of sp³-hybridized carbons (Fsp3) is 0.684. The van der Waals surface area contributed by atoms with E-state index in [0.29, 0.717) is 32.5 Å². The molecule has 6 nitrogen and oxygen atoms in total. The third-order valence-electron chi connectivity index (χ3n) is 5.18. The first kappa shape index (κ1) is 20.9. The molecule has 0 aliphatic carbocycles. The second-order valence-corrected chi connectivity index (χ2v) is 8.55. The highest BCUT2D eigenvalue weighted by molar-refractivity contribution is 5.68. The summed E-state index contributed by atoms with van der Waals surface area (Å²) in [7, 11) is 0. The Hall–Kier alpha value is -1.87. The van der Waals surface area contributed by atoms with Crippen LogP contribution >= 0.6 is 0 Å². The van der Waals surface area contributed by atoms with Crippen LogP contribution < -0.4 is 0 Å². The van der Waals surface area contributed by atoms with E-state index in [1.165, 1.54) is 6.07 Å². The summed E-state index contributed by atoms with van der Waals surface area (Å²) in [4.78, 5) is 19.9. The van der Waals surface area contributed by atoms with Crippen LogP contribution in [0.5, 0.6) is 0 Å². The number of rotatable bonds is 1. The molecule has 156 valence electrons. The quantitative estimate of drug-likeness (QED) is 0.784. The minimum Gasteiger partial charge on any atom is -0.444 e. The number of hydrogen-bond donors (Lipinski definition) is 1. The van der Waals surface area contributed by atoms with E-state index in [1.54, 1.807) is 4.90 Å². The molecule has 1 aromatic rings. The van der Waals surface area contributed by atoms with Crippen molar-refractivity contribution in [3.63, 3.8) is 0 Å². The molecule has 1 aromatic heterocycles. The number of aliphatic hydroxyl groups is 1. The van der Waals surface area contributed by atoms with Gasteiger partial charge in [-0.1, -0.05) is 0 Å². The summed E-state index contributed by atoms with van der Waals surface area (Å²) in [5, 5.41) is 11.0. The standard InChI is InChI=1S/C19H26F3N3O3/c1-17(2,3)28-16(26)24-8-9-25-12-18(27,7-6-14(25)11-24)15-5-4-13(10-23-15)19(20,21)22/h4-5,10,14,27H,6-9,11-12H2,1-3H3/t14-,18-/m0/s1. The molecule has 2 aliphatic rings. The number of halogens is 3. The molecule has 0 spiro atoms. The summed E-state index contributed by atoms with van der Waals surface area (Å²) in [6.07, 6.45) is -3.06. The van der Waals surface area contributed by atoms with Gasteiger partial charge in [-0.3, -0.25) is 9.88 Å². The van der Waals surface area contributed by atoms with Crippen LogP contribution in [0.4, 0.5) is 18.0 Å². The van der Waals surface area contributed by atoms with Crippen LogP contribution in [0.2, 0.25) is 0 Å². The topological polar surface area (TPSA) is 65.9 Å². The van der Waals surface area contributed by atoms with Crippen LogP contribution in [0.1, 0.15) is 44.9 Å². The molecule has 2 atom stereocenters. The van der Waals surface area contributed by atoms with Gasteiger partial charge < -0.3 is 14.7 Å². The van der Waals surface area contributed by atoms with Crippen molar-refractivity contribution in [3.05, 3.63) is 29.6 Å². The smallest absolute Gasteiger partial charge is 0.417 e. The van der Waals surface area contributed by atoms with Crippen molar-refractivity contribution in [2.75, 3.05) is 26.2 Å². The molecule has 2 fully saturated rings. The highest BCUT2D eigenvalue weighted by atomic mass is 19.4. The van der Waals surface area contributed by atoms with Crippen molar-refractivity contribution in [3.8, 4) is 0 Å². The van der Waals surface area contributed by atoms with E-state index in [0.717, 1.165) is 12.3 Å². The van der Waals surface area contributed by atoms with Gasteiger partial charge in [0.1, 0.15) is 11.2 Å². The van der Waals surface area contributed by atoms with Crippen molar-refractivity contribution in [2.24, 2.45) is 0 Å². The predicted molar refractivity (Wildman–Crippen MR) is 95.5 cm³/mol. The van der Waals surface area contributed by atoms with E-state index in [4.69, 9.17) is 4.74 Å². The molecule has 0 radical (unpaired) electrons. The second kappa shape index (κ2) is 7.18. The first-order valence-corrected chi connectivity index (χ1v) is 9.35. The van der Waals surface area contributed by atoms with Crippen LogP contribution in [-0.4, -0.2) is 63.8 Å². The number of pyridine rings is 1. The first-order chi connectivity index (χ1) is 12.9. The number of ether oxygens (including phenoxy) is 1. The number of alkyl halides is 3. The molecule has 2 aliphatic heterocycles. The van der Waals surface area contributed by atoms with Crippen molar-refractivity contribution in [2.45, 2.75) is 57.0 Å². The van der Waals surface area contributed by atoms with Crippen LogP contribution in [0.25, 0.3) is 0 Å². The molecule has 0 bridgehead atoms. The molecule has 3 heterocycles. The normalized spacial score (nSPS) is 26.7. The molecule has 3 rings (SSSR count). The molecule has 1 amide bonds. The third kappa shape index (κ3) is 4.57. The van der Waals surface area contributed by atoms with E-state index in [-0.39, 0.29) is 24.4 Å². The first-order valence-electron chi connectivity index (χ1n) is 9.35. The summed E-state index contributed by atoms with van der Waals surface area (Å²) < 4.78 is 43.6. The van der Waals surface area contributed by atoms with Gasteiger partial charge in [-0.2, -0.15) is 13.2 Å². The lowest BCUT2D eigenvalue weighted by atomic mass is 9.84. The lowest BCUT2D eigenvalue weighted by molar-refractivity contribution is -0.138. The number of aromatic nitrogens is 1. The number of amides is 1. The summed E-state index contributed by atoms with van der Waals surface area (Å²) in [6.45, 7) is 7.27. The molecule has 28 heavy (non-hydrogen) atoms. The fourth-order valence-corrected chi connectivity index (χ4v) is 3.73. The Labute approximate surface area is 162 Å². The van der Waals surface area contributed by atoms with Gasteiger partial charge in [0.15, 0.2) is 0 Å². The van der Waals surface area contributed by atoms with Gasteiger partial charge in [0.2, 0.25) is 0 Å². The van der Waals surface area contributed by atoms with Crippen molar-refractivity contribution < 1.29 is 27.8 Å². The maximum absolute atomic E-state index is 12.7. The Kier molecular flexibility index (Phi) is 5.35. The summed E-state index contributed by atoms with van der Waals surface area (Å²) in [5.41, 5.74) is -2.45. The van der Waals surface area contributed by atoms with Crippen LogP contribution in [-0.2, 0) is 16.5 Å². The van der Waals surface area contributed by atoms with Crippen LogP contribution in [0, 0.1) is 0 Å². The van der Waals surface area contributed by atoms with Crippen LogP contribution in [0.3, 0.4) is 0 Å². The number of carbonyl (C=O) groups is 1. The Balaban J connectivity index is 1.65. The highest BCUT2D eigenvalue weighted by Gasteiger charge is 2.43. The molecule has 0 aromatic carbocycles. The van der Waals surface area contributed by atoms with E-state index < -0.39 is 22.9 Å². The Morgan fingerprint density at radius 3 is 2.57 bits per heavy atom. The van der Waals surface area contributed by atoms with E-state index in [9.17, 15) is 23.1 Å². The van der Waals surface area contributed by atoms with Gasteiger partial charge in [-0.15, -0.1) is 0 Å². The molecular weight excluding hydrogens is 375 g/mol. The minimum atomic E-state index is -4.45. The van der Waals surface area contributed by atoms with Crippen molar-refractivity contribution in [1.29, 1.82) is 0 Å². The molecular formula is C19H26F3N3O3. The average molecular weight is 401 g/mol. The zero-order valence-corrected chi connectivity index (χ0v) is 16.3. The predicted octanol–water partition coefficient (Wildman–Crippen LogP) is 3.00. The summed E-state index contributed by atoms with van der Waals surface area (Å²) in [6, 6.07) is 2.28. The molecule has 2 saturated heterocycles. The average Bonchev–Trinajstić information content (AvgIpc) is 2.59. The Morgan fingerprint density at radius 2 is 2.00 bits per heavy atom. The summed E-state index contributed by atoms with van der Waals surface area (Å²) >= 11 is 0. The monoisotopic (exact) mass is 401 g/mol.